The molecular formula is C13H22O5Si. The summed E-state index contributed by atoms with van der Waals surface area (Å²) in [6.45, 7) is 0.575. The second kappa shape index (κ2) is 4.55. The number of hydrogen-bond acceptors (Lipinski definition) is 5. The predicted octanol–water partition coefficient (Wildman–Crippen LogP) is 1.60. The first-order valence-electron chi connectivity index (χ1n) is 6.90. The minimum atomic E-state index is -2.62. The van der Waals surface area contributed by atoms with Crippen LogP contribution in [0.5, 0.6) is 0 Å². The third-order valence-electron chi connectivity index (χ3n) is 5.47. The highest BCUT2D eigenvalue weighted by atomic mass is 28.4. The number of hydrogen-bond donors (Lipinski definition) is 0. The smallest absolute Gasteiger partial charge is 0.465 e. The Hall–Kier alpha value is -0.433. The lowest BCUT2D eigenvalue weighted by molar-refractivity contribution is -0.137. The van der Waals surface area contributed by atoms with Crippen LogP contribution in [0.4, 0.5) is 0 Å². The average molecular weight is 286 g/mol. The molecule has 2 bridgehead atoms. The van der Waals surface area contributed by atoms with Gasteiger partial charge in [0.05, 0.1) is 13.0 Å². The van der Waals surface area contributed by atoms with Gasteiger partial charge in [-0.2, -0.15) is 0 Å². The topological polar surface area (TPSA) is 54.0 Å². The third kappa shape index (κ3) is 1.80. The first-order valence-corrected chi connectivity index (χ1v) is 8.70. The van der Waals surface area contributed by atoms with Gasteiger partial charge in [0.1, 0.15) is 0 Å². The zero-order valence-corrected chi connectivity index (χ0v) is 12.8. The molecule has 2 saturated carbocycles. The van der Waals surface area contributed by atoms with E-state index in [1.165, 1.54) is 0 Å². The van der Waals surface area contributed by atoms with Crippen LogP contribution in [0.1, 0.15) is 25.7 Å². The first-order chi connectivity index (χ1) is 9.09. The van der Waals surface area contributed by atoms with Crippen molar-refractivity contribution in [2.24, 2.45) is 17.3 Å². The molecule has 3 rings (SSSR count). The summed E-state index contributed by atoms with van der Waals surface area (Å²) in [7, 11) is 2.40. The highest BCUT2D eigenvalue weighted by molar-refractivity contribution is 6.62. The lowest BCUT2D eigenvalue weighted by atomic mass is 9.72. The molecule has 1 spiro atoms. The minimum absolute atomic E-state index is 0.0263. The van der Waals surface area contributed by atoms with Gasteiger partial charge in [-0.1, -0.05) is 0 Å². The maximum Gasteiger partial charge on any atom is 0.503 e. The minimum Gasteiger partial charge on any atom is -0.465 e. The number of rotatable bonds is 4. The molecular weight excluding hydrogens is 264 g/mol. The van der Waals surface area contributed by atoms with Crippen molar-refractivity contribution in [1.82, 2.24) is 0 Å². The monoisotopic (exact) mass is 286 g/mol. The van der Waals surface area contributed by atoms with Crippen molar-refractivity contribution in [1.29, 1.82) is 0 Å². The molecule has 1 heterocycles. The summed E-state index contributed by atoms with van der Waals surface area (Å²) >= 11 is 0. The summed E-state index contributed by atoms with van der Waals surface area (Å²) in [5.74, 6) is 1.05. The van der Waals surface area contributed by atoms with Crippen LogP contribution in [-0.2, 0) is 22.8 Å². The Balaban J connectivity index is 1.88. The van der Waals surface area contributed by atoms with Crippen LogP contribution in [0.3, 0.4) is 0 Å². The molecule has 0 aromatic heterocycles. The summed E-state index contributed by atoms with van der Waals surface area (Å²) in [6.07, 6.45) is 3.93. The van der Waals surface area contributed by atoms with E-state index in [1.807, 2.05) is 0 Å². The van der Waals surface area contributed by atoms with Crippen LogP contribution < -0.4 is 0 Å². The molecule has 0 radical (unpaired) electrons. The molecule has 4 unspecified atom stereocenters. The quantitative estimate of drug-likeness (QED) is 0.580. The number of fused-ring (bicyclic) bond motifs is 3. The highest BCUT2D eigenvalue weighted by Crippen LogP contribution is 2.66. The van der Waals surface area contributed by atoms with E-state index < -0.39 is 8.80 Å². The van der Waals surface area contributed by atoms with Crippen LogP contribution in [0.2, 0.25) is 5.54 Å². The van der Waals surface area contributed by atoms with Crippen LogP contribution in [0, 0.1) is 17.3 Å². The van der Waals surface area contributed by atoms with E-state index in [0.717, 1.165) is 19.3 Å². The number of ether oxygens (including phenoxy) is 1. The summed E-state index contributed by atoms with van der Waals surface area (Å²) in [5.41, 5.74) is 0.333. The molecule has 5 nitrogen and oxygen atoms in total. The molecule has 1 saturated heterocycles. The van der Waals surface area contributed by atoms with Gasteiger partial charge in [-0.15, -0.1) is 0 Å². The van der Waals surface area contributed by atoms with E-state index in [-0.39, 0.29) is 11.4 Å². The molecule has 3 aliphatic rings. The van der Waals surface area contributed by atoms with E-state index >= 15 is 0 Å². The van der Waals surface area contributed by atoms with E-state index in [1.54, 1.807) is 21.3 Å². The van der Waals surface area contributed by atoms with Crippen molar-refractivity contribution in [3.05, 3.63) is 0 Å². The van der Waals surface area contributed by atoms with Crippen LogP contribution in [-0.4, -0.2) is 42.7 Å². The summed E-state index contributed by atoms with van der Waals surface area (Å²) in [5, 5.41) is 0. The Kier molecular flexibility index (Phi) is 3.24. The molecule has 0 aromatic carbocycles. The van der Waals surface area contributed by atoms with E-state index in [4.69, 9.17) is 18.0 Å². The van der Waals surface area contributed by atoms with Crippen molar-refractivity contribution in [2.75, 3.05) is 27.9 Å². The number of carbonyl (C=O) groups is 1. The standard InChI is InChI=1S/C13H22O5Si/c1-15-19(16-2,17-3)11-5-9-4-10(11)13(6-9)7-12(14)18-8-13/h9-11H,4-8H2,1-3H3. The fraction of sp³-hybridized carbons (Fsp3) is 0.923. The summed E-state index contributed by atoms with van der Waals surface area (Å²) < 4.78 is 22.3. The van der Waals surface area contributed by atoms with E-state index in [9.17, 15) is 4.79 Å². The molecule has 6 heteroatoms. The lowest BCUT2D eigenvalue weighted by Gasteiger charge is -2.42. The largest absolute Gasteiger partial charge is 0.503 e. The predicted molar refractivity (Wildman–Crippen MR) is 69.4 cm³/mol. The van der Waals surface area contributed by atoms with Gasteiger partial charge in [-0.25, -0.2) is 0 Å². The molecule has 1 aliphatic heterocycles. The fourth-order valence-corrected chi connectivity index (χ4v) is 7.80. The van der Waals surface area contributed by atoms with Gasteiger partial charge in [0.2, 0.25) is 0 Å². The van der Waals surface area contributed by atoms with E-state index in [0.29, 0.717) is 30.4 Å². The van der Waals surface area contributed by atoms with Gasteiger partial charge in [-0.05, 0) is 31.1 Å². The SMILES string of the molecule is CO[Si](OC)(OC)C1CC2CC1C1(COC(=O)C1)C2. The Bertz CT molecular complexity index is 375. The molecule has 108 valence electrons. The second-order valence-electron chi connectivity index (χ2n) is 6.17. The van der Waals surface area contributed by atoms with E-state index in [2.05, 4.69) is 0 Å². The Labute approximate surface area is 114 Å². The second-order valence-corrected chi connectivity index (χ2v) is 9.34. The van der Waals surface area contributed by atoms with Crippen molar-refractivity contribution < 1.29 is 22.8 Å². The Morgan fingerprint density at radius 3 is 2.37 bits per heavy atom. The molecule has 4 atom stereocenters. The fourth-order valence-electron chi connectivity index (χ4n) is 4.79. The molecule has 0 N–H and O–H groups in total. The lowest BCUT2D eigenvalue weighted by Crippen LogP contribution is -2.52. The third-order valence-corrected chi connectivity index (χ3v) is 8.72. The van der Waals surface area contributed by atoms with Gasteiger partial charge in [0.25, 0.3) is 0 Å². The first kappa shape index (κ1) is 13.5. The van der Waals surface area contributed by atoms with Crippen LogP contribution in [0.15, 0.2) is 0 Å². The summed E-state index contributed by atoms with van der Waals surface area (Å²) in [4.78, 5) is 11.5. The average Bonchev–Trinajstić information content (AvgIpc) is 3.08. The molecule has 0 amide bonds. The van der Waals surface area contributed by atoms with Crippen molar-refractivity contribution in [2.45, 2.75) is 31.2 Å². The normalized spacial score (nSPS) is 41.2. The van der Waals surface area contributed by atoms with Crippen molar-refractivity contribution in [3.63, 3.8) is 0 Å². The van der Waals surface area contributed by atoms with Gasteiger partial charge >= 0.3 is 14.8 Å². The van der Waals surface area contributed by atoms with Crippen molar-refractivity contribution >= 4 is 14.8 Å². The van der Waals surface area contributed by atoms with Gasteiger partial charge < -0.3 is 18.0 Å². The number of carbonyl (C=O) groups excluding carboxylic acids is 1. The number of esters is 1. The van der Waals surface area contributed by atoms with Gasteiger partial charge in [0.15, 0.2) is 0 Å². The Morgan fingerprint density at radius 2 is 1.89 bits per heavy atom. The van der Waals surface area contributed by atoms with Gasteiger partial charge in [-0.3, -0.25) is 4.79 Å². The zero-order chi connectivity index (χ0) is 13.7. The maximum absolute atomic E-state index is 11.5. The van der Waals surface area contributed by atoms with Crippen LogP contribution >= 0.6 is 0 Å². The summed E-state index contributed by atoms with van der Waals surface area (Å²) in [6, 6.07) is 0. The van der Waals surface area contributed by atoms with Crippen molar-refractivity contribution in [3.8, 4) is 0 Å². The molecule has 0 aromatic rings. The highest BCUT2D eigenvalue weighted by Gasteiger charge is 2.66. The van der Waals surface area contributed by atoms with Crippen LogP contribution in [0.25, 0.3) is 0 Å². The molecule has 2 aliphatic carbocycles. The zero-order valence-electron chi connectivity index (χ0n) is 11.8. The van der Waals surface area contributed by atoms with Gasteiger partial charge in [0, 0.05) is 32.3 Å². The Morgan fingerprint density at radius 1 is 1.21 bits per heavy atom. The maximum atomic E-state index is 11.5. The molecule has 3 fully saturated rings. The molecule has 19 heavy (non-hydrogen) atoms. The number of cyclic esters (lactones) is 1.